The van der Waals surface area contributed by atoms with Crippen molar-refractivity contribution >= 4 is 0 Å². The number of H-pyrrole nitrogens is 1. The van der Waals surface area contributed by atoms with Crippen molar-refractivity contribution < 1.29 is 4.74 Å². The molecule has 0 bridgehead atoms. The minimum atomic E-state index is -0.172. The third kappa shape index (κ3) is 2.69. The van der Waals surface area contributed by atoms with Crippen LogP contribution >= 0.6 is 0 Å². The molecule has 1 N–H and O–H groups in total. The Kier molecular flexibility index (Phi) is 3.18. The molecule has 88 valence electrons. The lowest BCUT2D eigenvalue weighted by atomic mass is 10.2. The molecule has 0 saturated heterocycles. The summed E-state index contributed by atoms with van der Waals surface area (Å²) >= 11 is 0. The van der Waals surface area contributed by atoms with Crippen LogP contribution in [0.1, 0.15) is 12.7 Å². The van der Waals surface area contributed by atoms with Gasteiger partial charge in [-0.3, -0.25) is 9.78 Å². The topological polar surface area (TPSA) is 67.9 Å². The number of pyridine rings is 1. The molecule has 5 heteroatoms. The van der Waals surface area contributed by atoms with Gasteiger partial charge in [-0.15, -0.1) is 0 Å². The molecule has 0 aliphatic carbocycles. The van der Waals surface area contributed by atoms with Gasteiger partial charge in [0.1, 0.15) is 11.6 Å². The van der Waals surface area contributed by atoms with Gasteiger partial charge >= 0.3 is 0 Å². The van der Waals surface area contributed by atoms with E-state index in [1.54, 1.807) is 19.3 Å². The van der Waals surface area contributed by atoms with E-state index in [0.717, 1.165) is 5.56 Å². The number of ether oxygens (including phenoxy) is 1. The SMILES string of the molecule is CCOc1cncc(-c2cc(=O)[nH]c(C)n2)c1. The second kappa shape index (κ2) is 4.78. The Labute approximate surface area is 98.5 Å². The summed E-state index contributed by atoms with van der Waals surface area (Å²) in [6, 6.07) is 3.26. The third-order valence-corrected chi connectivity index (χ3v) is 2.18. The van der Waals surface area contributed by atoms with Crippen LogP contribution in [-0.2, 0) is 0 Å². The van der Waals surface area contributed by atoms with Crippen LogP contribution in [-0.4, -0.2) is 21.6 Å². The number of aromatic amines is 1. The highest BCUT2D eigenvalue weighted by atomic mass is 16.5. The second-order valence-corrected chi connectivity index (χ2v) is 3.56. The minimum absolute atomic E-state index is 0.172. The Morgan fingerprint density at radius 1 is 1.35 bits per heavy atom. The van der Waals surface area contributed by atoms with Crippen LogP contribution in [0.4, 0.5) is 0 Å². The minimum Gasteiger partial charge on any atom is -0.492 e. The molecule has 0 spiro atoms. The first-order valence-corrected chi connectivity index (χ1v) is 5.35. The maximum absolute atomic E-state index is 11.3. The van der Waals surface area contributed by atoms with Gasteiger partial charge < -0.3 is 9.72 Å². The van der Waals surface area contributed by atoms with Gasteiger partial charge in [-0.25, -0.2) is 4.98 Å². The highest BCUT2D eigenvalue weighted by Crippen LogP contribution is 2.19. The number of nitrogens with one attached hydrogen (secondary N) is 1. The molecule has 0 aliphatic rings. The van der Waals surface area contributed by atoms with Crippen molar-refractivity contribution in [3.8, 4) is 17.0 Å². The Hall–Kier alpha value is -2.17. The van der Waals surface area contributed by atoms with Crippen LogP contribution in [0.5, 0.6) is 5.75 Å². The molecule has 0 amide bonds. The summed E-state index contributed by atoms with van der Waals surface area (Å²) in [5.74, 6) is 1.25. The quantitative estimate of drug-likeness (QED) is 0.870. The highest BCUT2D eigenvalue weighted by Gasteiger charge is 2.04. The lowest BCUT2D eigenvalue weighted by Gasteiger charge is -2.05. The van der Waals surface area contributed by atoms with E-state index in [9.17, 15) is 4.79 Å². The van der Waals surface area contributed by atoms with Crippen molar-refractivity contribution in [3.63, 3.8) is 0 Å². The summed E-state index contributed by atoms with van der Waals surface area (Å²) in [6.45, 7) is 4.22. The molecule has 17 heavy (non-hydrogen) atoms. The molecular weight excluding hydrogens is 218 g/mol. The summed E-state index contributed by atoms with van der Waals surface area (Å²) < 4.78 is 5.35. The molecule has 0 radical (unpaired) electrons. The average Bonchev–Trinajstić information content (AvgIpc) is 2.28. The monoisotopic (exact) mass is 231 g/mol. The molecule has 0 unspecified atom stereocenters. The fourth-order valence-corrected chi connectivity index (χ4v) is 1.53. The van der Waals surface area contributed by atoms with E-state index in [0.29, 0.717) is 23.9 Å². The van der Waals surface area contributed by atoms with Gasteiger partial charge in [0.15, 0.2) is 0 Å². The van der Waals surface area contributed by atoms with Crippen molar-refractivity contribution in [2.45, 2.75) is 13.8 Å². The first-order chi connectivity index (χ1) is 8.19. The van der Waals surface area contributed by atoms with E-state index in [4.69, 9.17) is 4.74 Å². The number of hydrogen-bond acceptors (Lipinski definition) is 4. The van der Waals surface area contributed by atoms with Crippen molar-refractivity contribution in [1.82, 2.24) is 15.0 Å². The first kappa shape index (κ1) is 11.3. The summed E-state index contributed by atoms with van der Waals surface area (Å²) in [5, 5.41) is 0. The maximum atomic E-state index is 11.3. The van der Waals surface area contributed by atoms with E-state index >= 15 is 0 Å². The average molecular weight is 231 g/mol. The number of hydrogen-bond donors (Lipinski definition) is 1. The van der Waals surface area contributed by atoms with Crippen LogP contribution < -0.4 is 10.3 Å². The Morgan fingerprint density at radius 2 is 2.18 bits per heavy atom. The predicted octanol–water partition coefficient (Wildman–Crippen LogP) is 1.54. The smallest absolute Gasteiger partial charge is 0.251 e. The fraction of sp³-hybridized carbons (Fsp3) is 0.250. The van der Waals surface area contributed by atoms with E-state index in [2.05, 4.69) is 15.0 Å². The van der Waals surface area contributed by atoms with Crippen molar-refractivity contribution in [2.75, 3.05) is 6.61 Å². The third-order valence-electron chi connectivity index (χ3n) is 2.18. The zero-order chi connectivity index (χ0) is 12.3. The molecule has 5 nitrogen and oxygen atoms in total. The lowest BCUT2D eigenvalue weighted by molar-refractivity contribution is 0.339. The van der Waals surface area contributed by atoms with Gasteiger partial charge in [0.05, 0.1) is 18.5 Å². The normalized spacial score (nSPS) is 10.2. The fourth-order valence-electron chi connectivity index (χ4n) is 1.53. The molecule has 0 aromatic carbocycles. The molecule has 2 aromatic rings. The maximum Gasteiger partial charge on any atom is 0.251 e. The summed E-state index contributed by atoms with van der Waals surface area (Å²) in [7, 11) is 0. The molecular formula is C12H13N3O2. The number of aromatic nitrogens is 3. The van der Waals surface area contributed by atoms with Crippen LogP contribution in [0.3, 0.4) is 0 Å². The predicted molar refractivity (Wildman–Crippen MR) is 64.0 cm³/mol. The van der Waals surface area contributed by atoms with E-state index in [1.165, 1.54) is 6.07 Å². The lowest BCUT2D eigenvalue weighted by Crippen LogP contribution is -2.08. The van der Waals surface area contributed by atoms with Crippen molar-refractivity contribution in [2.24, 2.45) is 0 Å². The molecule has 2 heterocycles. The van der Waals surface area contributed by atoms with Crippen LogP contribution in [0.15, 0.2) is 29.3 Å². The van der Waals surface area contributed by atoms with E-state index < -0.39 is 0 Å². The Bertz CT molecular complexity index is 578. The molecule has 0 fully saturated rings. The summed E-state index contributed by atoms with van der Waals surface area (Å²) in [5.41, 5.74) is 1.19. The number of nitrogens with zero attached hydrogens (tertiary/aromatic N) is 2. The van der Waals surface area contributed by atoms with E-state index in [1.807, 2.05) is 13.0 Å². The van der Waals surface area contributed by atoms with Gasteiger partial charge in [0, 0.05) is 17.8 Å². The molecule has 2 aromatic heterocycles. The number of rotatable bonds is 3. The van der Waals surface area contributed by atoms with E-state index in [-0.39, 0.29) is 5.56 Å². The number of aryl methyl sites for hydroxylation is 1. The highest BCUT2D eigenvalue weighted by molar-refractivity contribution is 5.59. The standard InChI is InChI=1S/C12H13N3O2/c1-3-17-10-4-9(6-13-7-10)11-5-12(16)15-8(2)14-11/h4-7H,3H2,1-2H3,(H,14,15,16). The Balaban J connectivity index is 2.45. The summed E-state index contributed by atoms with van der Waals surface area (Å²) in [6.07, 6.45) is 3.29. The first-order valence-electron chi connectivity index (χ1n) is 5.35. The van der Waals surface area contributed by atoms with Gasteiger partial charge in [-0.05, 0) is 19.9 Å². The van der Waals surface area contributed by atoms with Crippen LogP contribution in [0.25, 0.3) is 11.3 Å². The van der Waals surface area contributed by atoms with Crippen molar-refractivity contribution in [1.29, 1.82) is 0 Å². The van der Waals surface area contributed by atoms with Crippen LogP contribution in [0.2, 0.25) is 0 Å². The molecule has 0 saturated carbocycles. The van der Waals surface area contributed by atoms with Gasteiger partial charge in [0.2, 0.25) is 0 Å². The summed E-state index contributed by atoms with van der Waals surface area (Å²) in [4.78, 5) is 22.3. The van der Waals surface area contributed by atoms with Gasteiger partial charge in [-0.2, -0.15) is 0 Å². The van der Waals surface area contributed by atoms with Gasteiger partial charge in [-0.1, -0.05) is 0 Å². The second-order valence-electron chi connectivity index (χ2n) is 3.56. The van der Waals surface area contributed by atoms with Crippen molar-refractivity contribution in [3.05, 3.63) is 40.7 Å². The Morgan fingerprint density at radius 3 is 2.88 bits per heavy atom. The molecule has 2 rings (SSSR count). The zero-order valence-corrected chi connectivity index (χ0v) is 9.73. The zero-order valence-electron chi connectivity index (χ0n) is 9.73. The van der Waals surface area contributed by atoms with Gasteiger partial charge in [0.25, 0.3) is 5.56 Å². The largest absolute Gasteiger partial charge is 0.492 e. The molecule has 0 aliphatic heterocycles. The van der Waals surface area contributed by atoms with Crippen LogP contribution in [0, 0.1) is 6.92 Å². The molecule has 0 atom stereocenters.